The van der Waals surface area contributed by atoms with Gasteiger partial charge < -0.3 is 20.1 Å². The molecule has 2 N–H and O–H groups in total. The van der Waals surface area contributed by atoms with E-state index >= 15 is 0 Å². The van der Waals surface area contributed by atoms with Crippen LogP contribution in [-0.2, 0) is 20.9 Å². The highest BCUT2D eigenvalue weighted by atomic mass is 19.4. The number of carboxylic acids is 1. The SMILES string of the molecule is Cc1ccccc1C(=O)N1C[C@@H]2[C@@H](C(=O)NCc3cccnc3)CO[C@@H]2C1.O=C(O)C(F)(F)F. The first-order chi connectivity index (χ1) is 16.1. The number of pyridine rings is 1. The summed E-state index contributed by atoms with van der Waals surface area (Å²) in [5.74, 6) is -2.93. The molecule has 0 aliphatic carbocycles. The van der Waals surface area contributed by atoms with E-state index in [2.05, 4.69) is 10.3 Å². The van der Waals surface area contributed by atoms with Crippen molar-refractivity contribution < 1.29 is 37.4 Å². The molecular weight excluding hydrogens is 455 g/mol. The van der Waals surface area contributed by atoms with E-state index < -0.39 is 12.1 Å². The van der Waals surface area contributed by atoms with Gasteiger partial charge in [0.15, 0.2) is 0 Å². The van der Waals surface area contributed by atoms with Gasteiger partial charge in [-0.15, -0.1) is 0 Å². The number of alkyl halides is 3. The fourth-order valence-electron chi connectivity index (χ4n) is 3.95. The van der Waals surface area contributed by atoms with E-state index in [4.69, 9.17) is 14.6 Å². The summed E-state index contributed by atoms with van der Waals surface area (Å²) in [7, 11) is 0. The van der Waals surface area contributed by atoms with Gasteiger partial charge in [0, 0.05) is 43.5 Å². The smallest absolute Gasteiger partial charge is 0.475 e. The number of benzene rings is 1. The molecule has 2 fully saturated rings. The summed E-state index contributed by atoms with van der Waals surface area (Å²) in [6.45, 7) is 3.91. The van der Waals surface area contributed by atoms with Crippen molar-refractivity contribution in [2.45, 2.75) is 25.7 Å². The number of hydrogen-bond acceptors (Lipinski definition) is 5. The average molecular weight is 479 g/mol. The Bertz CT molecular complexity index is 1030. The number of halogens is 3. The van der Waals surface area contributed by atoms with Gasteiger partial charge in [0.05, 0.1) is 18.6 Å². The number of hydrogen-bond donors (Lipinski definition) is 2. The molecule has 3 heterocycles. The lowest BCUT2D eigenvalue weighted by Crippen LogP contribution is -2.37. The van der Waals surface area contributed by atoms with E-state index in [0.29, 0.717) is 26.2 Å². The van der Waals surface area contributed by atoms with Crippen LogP contribution in [0.25, 0.3) is 0 Å². The molecule has 0 spiro atoms. The zero-order chi connectivity index (χ0) is 24.9. The maximum Gasteiger partial charge on any atom is 0.490 e. The maximum atomic E-state index is 12.8. The number of nitrogens with zero attached hydrogens (tertiary/aromatic N) is 2. The highest BCUT2D eigenvalue weighted by Gasteiger charge is 2.48. The van der Waals surface area contributed by atoms with Crippen LogP contribution in [0.15, 0.2) is 48.8 Å². The van der Waals surface area contributed by atoms with Crippen molar-refractivity contribution >= 4 is 17.8 Å². The summed E-state index contributed by atoms with van der Waals surface area (Å²) in [4.78, 5) is 40.3. The second kappa shape index (κ2) is 10.6. The molecule has 0 saturated carbocycles. The third kappa shape index (κ3) is 6.10. The van der Waals surface area contributed by atoms with Crippen LogP contribution in [0.1, 0.15) is 21.5 Å². The van der Waals surface area contributed by atoms with Crippen molar-refractivity contribution in [3.63, 3.8) is 0 Å². The van der Waals surface area contributed by atoms with Crippen LogP contribution in [-0.4, -0.2) is 64.8 Å². The van der Waals surface area contributed by atoms with E-state index in [9.17, 15) is 22.8 Å². The molecule has 4 rings (SSSR count). The van der Waals surface area contributed by atoms with Gasteiger partial charge in [-0.25, -0.2) is 4.79 Å². The molecule has 11 heteroatoms. The van der Waals surface area contributed by atoms with Crippen molar-refractivity contribution in [2.24, 2.45) is 11.8 Å². The summed E-state index contributed by atoms with van der Waals surface area (Å²) < 4.78 is 37.6. The molecule has 182 valence electrons. The molecule has 0 radical (unpaired) electrons. The number of rotatable bonds is 4. The largest absolute Gasteiger partial charge is 0.490 e. The fraction of sp³-hybridized carbons (Fsp3) is 0.391. The van der Waals surface area contributed by atoms with E-state index in [0.717, 1.165) is 16.7 Å². The molecule has 2 saturated heterocycles. The highest BCUT2D eigenvalue weighted by Crippen LogP contribution is 2.34. The molecular formula is C23H24F3N3O5. The lowest BCUT2D eigenvalue weighted by Gasteiger charge is -2.20. The predicted octanol–water partition coefficient (Wildman–Crippen LogP) is 2.43. The first-order valence-electron chi connectivity index (χ1n) is 10.5. The van der Waals surface area contributed by atoms with Crippen LogP contribution in [0.2, 0.25) is 0 Å². The number of likely N-dealkylation sites (tertiary alicyclic amines) is 1. The molecule has 1 aromatic carbocycles. The quantitative estimate of drug-likeness (QED) is 0.697. The van der Waals surface area contributed by atoms with Crippen LogP contribution in [0, 0.1) is 18.8 Å². The van der Waals surface area contributed by atoms with Crippen molar-refractivity contribution in [1.29, 1.82) is 0 Å². The number of carbonyl (C=O) groups excluding carboxylic acids is 2. The predicted molar refractivity (Wildman–Crippen MR) is 114 cm³/mol. The monoisotopic (exact) mass is 479 g/mol. The molecule has 0 bridgehead atoms. The molecule has 2 aliphatic heterocycles. The van der Waals surface area contributed by atoms with Crippen LogP contribution in [0.5, 0.6) is 0 Å². The number of aryl methyl sites for hydroxylation is 1. The molecule has 8 nitrogen and oxygen atoms in total. The maximum absolute atomic E-state index is 12.8. The van der Waals surface area contributed by atoms with Crippen molar-refractivity contribution in [3.8, 4) is 0 Å². The fourth-order valence-corrected chi connectivity index (χ4v) is 3.95. The Morgan fingerprint density at radius 2 is 1.88 bits per heavy atom. The van der Waals surface area contributed by atoms with Crippen molar-refractivity contribution in [2.75, 3.05) is 19.7 Å². The molecule has 34 heavy (non-hydrogen) atoms. The third-order valence-electron chi connectivity index (χ3n) is 5.75. The number of carbonyl (C=O) groups is 3. The van der Waals surface area contributed by atoms with Crippen molar-refractivity contribution in [1.82, 2.24) is 15.2 Å². The number of nitrogens with one attached hydrogen (secondary N) is 1. The lowest BCUT2D eigenvalue weighted by atomic mass is 9.92. The molecule has 0 unspecified atom stereocenters. The number of aliphatic carboxylic acids is 1. The summed E-state index contributed by atoms with van der Waals surface area (Å²) >= 11 is 0. The Balaban J connectivity index is 0.000000406. The number of ether oxygens (including phenoxy) is 1. The van der Waals surface area contributed by atoms with Gasteiger partial charge in [-0.2, -0.15) is 13.2 Å². The van der Waals surface area contributed by atoms with E-state index in [1.165, 1.54) is 0 Å². The minimum absolute atomic E-state index is 0.0145. The summed E-state index contributed by atoms with van der Waals surface area (Å²) in [5, 5.41) is 10.1. The molecule has 2 amide bonds. The van der Waals surface area contributed by atoms with E-state index in [-0.39, 0.29) is 29.8 Å². The lowest BCUT2D eigenvalue weighted by molar-refractivity contribution is -0.192. The Morgan fingerprint density at radius 3 is 2.50 bits per heavy atom. The van der Waals surface area contributed by atoms with Crippen LogP contribution in [0.3, 0.4) is 0 Å². The minimum Gasteiger partial charge on any atom is -0.475 e. The van der Waals surface area contributed by atoms with Gasteiger partial charge in [0.25, 0.3) is 5.91 Å². The van der Waals surface area contributed by atoms with Gasteiger partial charge in [-0.1, -0.05) is 24.3 Å². The topological polar surface area (TPSA) is 109 Å². The number of amides is 2. The van der Waals surface area contributed by atoms with E-state index in [1.54, 1.807) is 12.4 Å². The Hall–Kier alpha value is -3.47. The normalized spacial score (nSPS) is 21.3. The number of carboxylic acid groups (broad SMARTS) is 1. The Morgan fingerprint density at radius 1 is 1.18 bits per heavy atom. The zero-order valence-corrected chi connectivity index (χ0v) is 18.3. The van der Waals surface area contributed by atoms with Gasteiger partial charge in [0.1, 0.15) is 0 Å². The Kier molecular flexibility index (Phi) is 7.87. The third-order valence-corrected chi connectivity index (χ3v) is 5.75. The van der Waals surface area contributed by atoms with Crippen LogP contribution in [0.4, 0.5) is 13.2 Å². The van der Waals surface area contributed by atoms with Crippen LogP contribution >= 0.6 is 0 Å². The molecule has 1 aromatic heterocycles. The van der Waals surface area contributed by atoms with E-state index in [1.807, 2.05) is 48.2 Å². The summed E-state index contributed by atoms with van der Waals surface area (Å²) in [5.41, 5.74) is 2.64. The zero-order valence-electron chi connectivity index (χ0n) is 18.3. The van der Waals surface area contributed by atoms with Gasteiger partial charge in [-0.05, 0) is 30.2 Å². The van der Waals surface area contributed by atoms with Gasteiger partial charge in [0.2, 0.25) is 5.91 Å². The van der Waals surface area contributed by atoms with Gasteiger partial charge >= 0.3 is 12.1 Å². The number of fused-ring (bicyclic) bond motifs is 1. The minimum atomic E-state index is -5.08. The molecule has 2 aliphatic rings. The first-order valence-corrected chi connectivity index (χ1v) is 10.5. The van der Waals surface area contributed by atoms with Gasteiger partial charge in [-0.3, -0.25) is 14.6 Å². The number of aromatic nitrogens is 1. The molecule has 2 aromatic rings. The highest BCUT2D eigenvalue weighted by molar-refractivity contribution is 5.96. The van der Waals surface area contributed by atoms with Crippen LogP contribution < -0.4 is 5.32 Å². The summed E-state index contributed by atoms with van der Waals surface area (Å²) in [6.07, 6.45) is -1.70. The molecule has 3 atom stereocenters. The average Bonchev–Trinajstić information content (AvgIpc) is 3.39. The second-order valence-corrected chi connectivity index (χ2v) is 8.05. The summed E-state index contributed by atoms with van der Waals surface area (Å²) in [6, 6.07) is 11.4. The first kappa shape index (κ1) is 25.2. The Labute approximate surface area is 193 Å². The van der Waals surface area contributed by atoms with Crippen molar-refractivity contribution in [3.05, 3.63) is 65.5 Å². The second-order valence-electron chi connectivity index (χ2n) is 8.05. The standard InChI is InChI=1S/C21H23N3O3.C2HF3O2/c1-14-5-2-3-7-16(14)21(26)24-11-17-18(13-27-19(17)12-24)20(25)23-10-15-6-4-8-22-9-15;3-2(4,5)1(6)7/h2-9,17-19H,10-13H2,1H3,(H,23,25);(H,6,7)/t17-,18+,19-;/m1./s1.